The maximum absolute atomic E-state index is 13.2. The molecule has 0 N–H and O–H groups in total. The monoisotopic (exact) mass is 449 g/mol. The van der Waals surface area contributed by atoms with Gasteiger partial charge in [-0.1, -0.05) is 12.8 Å². The van der Waals surface area contributed by atoms with Crippen molar-refractivity contribution in [3.8, 4) is 0 Å². The van der Waals surface area contributed by atoms with E-state index in [-0.39, 0.29) is 23.3 Å². The number of sulfonamides is 1. The minimum absolute atomic E-state index is 0.00910. The van der Waals surface area contributed by atoms with Gasteiger partial charge in [-0.15, -0.1) is 0 Å². The summed E-state index contributed by atoms with van der Waals surface area (Å²) in [5.41, 5.74) is 0.375. The maximum atomic E-state index is 13.2. The first-order chi connectivity index (χ1) is 14.7. The molecule has 3 aliphatic rings. The van der Waals surface area contributed by atoms with Crippen LogP contribution in [-0.4, -0.2) is 75.4 Å². The van der Waals surface area contributed by atoms with Crippen molar-refractivity contribution in [1.29, 1.82) is 0 Å². The lowest BCUT2D eigenvalue weighted by Crippen LogP contribution is -2.44. The summed E-state index contributed by atoms with van der Waals surface area (Å²) in [6.45, 7) is 6.41. The summed E-state index contributed by atoms with van der Waals surface area (Å²) in [7, 11) is -3.66. The highest BCUT2D eigenvalue weighted by atomic mass is 32.2. The van der Waals surface area contributed by atoms with Gasteiger partial charge in [0.15, 0.2) is 0 Å². The highest BCUT2D eigenvalue weighted by molar-refractivity contribution is 7.89. The second kappa shape index (κ2) is 8.52. The van der Waals surface area contributed by atoms with Crippen molar-refractivity contribution < 1.29 is 22.7 Å². The Bertz CT molecular complexity index is 961. The molecule has 2 amide bonds. The molecule has 0 aromatic heterocycles. The van der Waals surface area contributed by atoms with Gasteiger partial charge in [0, 0.05) is 31.9 Å². The van der Waals surface area contributed by atoms with Gasteiger partial charge in [-0.25, -0.2) is 8.42 Å². The number of rotatable bonds is 4. The van der Waals surface area contributed by atoms with Gasteiger partial charge in [-0.3, -0.25) is 9.59 Å². The molecule has 0 radical (unpaired) electrons. The molecule has 0 unspecified atom stereocenters. The molecule has 3 heterocycles. The smallest absolute Gasteiger partial charge is 0.243 e. The molecule has 0 aliphatic carbocycles. The van der Waals surface area contributed by atoms with Crippen LogP contribution in [0.5, 0.6) is 0 Å². The molecule has 2 saturated heterocycles. The Morgan fingerprint density at radius 2 is 1.68 bits per heavy atom. The zero-order chi connectivity index (χ0) is 22.2. The van der Waals surface area contributed by atoms with E-state index in [0.29, 0.717) is 37.6 Å². The number of fused-ring (bicyclic) bond motifs is 1. The third-order valence-corrected chi connectivity index (χ3v) is 8.47. The average Bonchev–Trinajstić information content (AvgIpc) is 2.98. The fourth-order valence-electron chi connectivity index (χ4n) is 4.62. The number of carbonyl (C=O) groups is 2. The van der Waals surface area contributed by atoms with E-state index in [9.17, 15) is 18.0 Å². The molecule has 31 heavy (non-hydrogen) atoms. The van der Waals surface area contributed by atoms with Crippen molar-refractivity contribution in [2.75, 3.05) is 50.8 Å². The Kier molecular flexibility index (Phi) is 6.11. The summed E-state index contributed by atoms with van der Waals surface area (Å²) in [4.78, 5) is 29.7. The molecule has 170 valence electrons. The van der Waals surface area contributed by atoms with Crippen LogP contribution < -0.4 is 4.90 Å². The van der Waals surface area contributed by atoms with Gasteiger partial charge in [0.25, 0.3) is 0 Å². The quantitative estimate of drug-likeness (QED) is 0.699. The van der Waals surface area contributed by atoms with Crippen molar-refractivity contribution in [3.63, 3.8) is 0 Å². The topological polar surface area (TPSA) is 87.2 Å². The summed E-state index contributed by atoms with van der Waals surface area (Å²) in [5, 5.41) is 0. The highest BCUT2D eigenvalue weighted by Crippen LogP contribution is 2.42. The number of hydrogen-bond donors (Lipinski definition) is 0. The Morgan fingerprint density at radius 3 is 2.32 bits per heavy atom. The molecular formula is C22H31N3O5S. The summed E-state index contributed by atoms with van der Waals surface area (Å²) in [6.07, 6.45) is 4.24. The van der Waals surface area contributed by atoms with Gasteiger partial charge in [-0.2, -0.15) is 4.31 Å². The number of nitrogens with zero attached hydrogens (tertiary/aromatic N) is 3. The third-order valence-electron chi connectivity index (χ3n) is 6.57. The maximum Gasteiger partial charge on any atom is 0.243 e. The molecule has 0 atom stereocenters. The Morgan fingerprint density at radius 1 is 1.03 bits per heavy atom. The number of benzene rings is 1. The molecule has 0 saturated carbocycles. The van der Waals surface area contributed by atoms with Crippen molar-refractivity contribution in [2.24, 2.45) is 0 Å². The number of hydrogen-bond acceptors (Lipinski definition) is 5. The average molecular weight is 450 g/mol. The van der Waals surface area contributed by atoms with Crippen LogP contribution in [-0.2, 0) is 29.8 Å². The van der Waals surface area contributed by atoms with Crippen LogP contribution in [0.15, 0.2) is 23.1 Å². The van der Waals surface area contributed by atoms with E-state index in [4.69, 9.17) is 4.74 Å². The molecule has 1 aromatic rings. The zero-order valence-corrected chi connectivity index (χ0v) is 19.1. The Labute approximate surface area is 184 Å². The van der Waals surface area contributed by atoms with Crippen molar-refractivity contribution in [2.45, 2.75) is 49.8 Å². The van der Waals surface area contributed by atoms with Crippen LogP contribution in [0.25, 0.3) is 0 Å². The highest BCUT2D eigenvalue weighted by Gasteiger charge is 2.45. The molecule has 8 nitrogen and oxygen atoms in total. The predicted octanol–water partition coefficient (Wildman–Crippen LogP) is 1.73. The van der Waals surface area contributed by atoms with Crippen LogP contribution >= 0.6 is 0 Å². The van der Waals surface area contributed by atoms with E-state index in [2.05, 4.69) is 0 Å². The summed E-state index contributed by atoms with van der Waals surface area (Å²) >= 11 is 0. The van der Waals surface area contributed by atoms with Crippen molar-refractivity contribution in [3.05, 3.63) is 23.8 Å². The van der Waals surface area contributed by atoms with Gasteiger partial charge in [0.1, 0.15) is 6.54 Å². The first kappa shape index (κ1) is 22.2. The number of anilines is 1. The molecule has 3 aliphatic heterocycles. The fourth-order valence-corrected chi connectivity index (χ4v) is 6.06. The molecule has 2 fully saturated rings. The predicted molar refractivity (Wildman–Crippen MR) is 116 cm³/mol. The molecule has 0 spiro atoms. The number of carbonyl (C=O) groups excluding carboxylic acids is 2. The lowest BCUT2D eigenvalue weighted by atomic mass is 9.86. The first-order valence-corrected chi connectivity index (χ1v) is 12.5. The van der Waals surface area contributed by atoms with Gasteiger partial charge >= 0.3 is 0 Å². The number of likely N-dealkylation sites (tertiary alicyclic amines) is 1. The van der Waals surface area contributed by atoms with E-state index >= 15 is 0 Å². The standard InChI is InChI=1S/C22H31N3O5S/c1-22(2)18-15-17(31(28,29)24-11-13-30-14-12-24)7-8-19(18)25(21(22)27)16-20(26)23-9-5-3-4-6-10-23/h7-8,15H,3-6,9-14,16H2,1-2H3. The van der Waals surface area contributed by atoms with E-state index < -0.39 is 15.4 Å². The molecule has 1 aromatic carbocycles. The SMILES string of the molecule is CC1(C)C(=O)N(CC(=O)N2CCCCCC2)c2ccc(S(=O)(=O)N3CCOCC3)cc21. The van der Waals surface area contributed by atoms with Gasteiger partial charge in [0.2, 0.25) is 21.8 Å². The zero-order valence-electron chi connectivity index (χ0n) is 18.3. The van der Waals surface area contributed by atoms with E-state index in [0.717, 1.165) is 38.8 Å². The van der Waals surface area contributed by atoms with Crippen LogP contribution in [0.4, 0.5) is 5.69 Å². The molecule has 0 bridgehead atoms. The van der Waals surface area contributed by atoms with E-state index in [1.165, 1.54) is 9.21 Å². The third kappa shape index (κ3) is 4.10. The summed E-state index contributed by atoms with van der Waals surface area (Å²) < 4.78 is 32.9. The minimum atomic E-state index is -3.66. The van der Waals surface area contributed by atoms with Crippen LogP contribution in [0.3, 0.4) is 0 Å². The first-order valence-electron chi connectivity index (χ1n) is 11.0. The Balaban J connectivity index is 1.61. The number of amides is 2. The number of ether oxygens (including phenoxy) is 1. The van der Waals surface area contributed by atoms with E-state index in [1.54, 1.807) is 32.0 Å². The van der Waals surface area contributed by atoms with Gasteiger partial charge in [-0.05, 0) is 50.5 Å². The van der Waals surface area contributed by atoms with Crippen LogP contribution in [0, 0.1) is 0 Å². The minimum Gasteiger partial charge on any atom is -0.379 e. The van der Waals surface area contributed by atoms with Crippen molar-refractivity contribution in [1.82, 2.24) is 9.21 Å². The normalized spacial score (nSPS) is 22.3. The molecule has 4 rings (SSSR count). The van der Waals surface area contributed by atoms with Crippen molar-refractivity contribution >= 4 is 27.5 Å². The summed E-state index contributed by atoms with van der Waals surface area (Å²) in [5.74, 6) is -0.226. The lowest BCUT2D eigenvalue weighted by Gasteiger charge is -2.26. The van der Waals surface area contributed by atoms with Gasteiger partial charge in [0.05, 0.1) is 23.5 Å². The largest absolute Gasteiger partial charge is 0.379 e. The van der Waals surface area contributed by atoms with Crippen LogP contribution in [0.2, 0.25) is 0 Å². The second-order valence-corrected chi connectivity index (χ2v) is 10.9. The van der Waals surface area contributed by atoms with E-state index in [1.807, 2.05) is 4.90 Å². The molecular weight excluding hydrogens is 418 g/mol. The molecule has 9 heteroatoms. The fraction of sp³-hybridized carbons (Fsp3) is 0.636. The number of morpholine rings is 1. The van der Waals surface area contributed by atoms with Gasteiger partial charge < -0.3 is 14.5 Å². The summed E-state index contributed by atoms with van der Waals surface area (Å²) in [6, 6.07) is 4.82. The second-order valence-electron chi connectivity index (χ2n) is 9.01. The lowest BCUT2D eigenvalue weighted by molar-refractivity contribution is -0.131. The Hall–Kier alpha value is -1.97. The van der Waals surface area contributed by atoms with Crippen LogP contribution in [0.1, 0.15) is 45.1 Å².